The molecule has 0 atom stereocenters. The van der Waals surface area contributed by atoms with E-state index < -0.39 is 0 Å². The number of hydrogen-bond donors (Lipinski definition) is 0. The van der Waals surface area contributed by atoms with Crippen LogP contribution >= 0.6 is 0 Å². The topological polar surface area (TPSA) is 43.1 Å². The first-order valence-corrected chi connectivity index (χ1v) is 3.77. The Morgan fingerprint density at radius 3 is 2.92 bits per heavy atom. The number of hydrogen-bond acceptors (Lipinski definition) is 2. The van der Waals surface area contributed by atoms with Gasteiger partial charge in [-0.1, -0.05) is 18.8 Å². The first kappa shape index (κ1) is 8.54. The van der Waals surface area contributed by atoms with E-state index in [9.17, 15) is 10.1 Å². The highest BCUT2D eigenvalue weighted by Crippen LogP contribution is 2.17. The minimum atomic E-state index is -0.364. The van der Waals surface area contributed by atoms with E-state index in [0.717, 1.165) is 12.0 Å². The van der Waals surface area contributed by atoms with Crippen molar-refractivity contribution in [3.8, 4) is 11.8 Å². The van der Waals surface area contributed by atoms with Gasteiger partial charge in [0.05, 0.1) is 11.3 Å². The zero-order valence-electron chi connectivity index (χ0n) is 6.83. The molecule has 0 N–H and O–H groups in total. The molecule has 0 aromatic rings. The van der Waals surface area contributed by atoms with Crippen LogP contribution in [0.4, 0.5) is 0 Å². The van der Waals surface area contributed by atoms with Crippen LogP contribution in [0.25, 0.3) is 0 Å². The van der Waals surface area contributed by atoms with Crippen molar-refractivity contribution in [2.45, 2.75) is 19.8 Å². The maximum Gasteiger partial charge on any atom is 0.251 e. The minimum absolute atomic E-state index is 0.232. The molecule has 0 bridgehead atoms. The summed E-state index contributed by atoms with van der Waals surface area (Å²) in [6.45, 7) is 1.95. The van der Waals surface area contributed by atoms with Crippen LogP contribution in [0.5, 0.6) is 0 Å². The van der Waals surface area contributed by atoms with Gasteiger partial charge in [-0.3, -0.25) is 10.1 Å². The molecule has 0 saturated heterocycles. The maximum absolute atomic E-state index is 10.3. The first-order valence-electron chi connectivity index (χ1n) is 3.77. The zero-order chi connectivity index (χ0) is 8.97. The van der Waals surface area contributed by atoms with Crippen molar-refractivity contribution >= 4 is 0 Å². The summed E-state index contributed by atoms with van der Waals surface area (Å²) in [5.74, 6) is 5.75. The van der Waals surface area contributed by atoms with Crippen molar-refractivity contribution in [2.75, 3.05) is 0 Å². The van der Waals surface area contributed by atoms with Crippen LogP contribution in [0.2, 0.25) is 0 Å². The molecule has 3 nitrogen and oxygen atoms in total. The van der Waals surface area contributed by atoms with E-state index in [2.05, 4.69) is 11.8 Å². The second-order valence-electron chi connectivity index (χ2n) is 2.44. The molecular formula is C9H9NO2. The molecule has 1 rings (SSSR count). The van der Waals surface area contributed by atoms with Gasteiger partial charge in [-0.05, 0) is 6.08 Å². The molecule has 1 aliphatic rings. The highest BCUT2D eigenvalue weighted by molar-refractivity contribution is 5.39. The molecule has 0 unspecified atom stereocenters. The van der Waals surface area contributed by atoms with E-state index in [4.69, 9.17) is 0 Å². The molecule has 0 aromatic carbocycles. The molecule has 0 heterocycles. The Hall–Kier alpha value is -1.56. The van der Waals surface area contributed by atoms with Crippen LogP contribution < -0.4 is 0 Å². The van der Waals surface area contributed by atoms with Crippen molar-refractivity contribution < 1.29 is 4.92 Å². The van der Waals surface area contributed by atoms with Crippen molar-refractivity contribution in [1.29, 1.82) is 0 Å². The van der Waals surface area contributed by atoms with Gasteiger partial charge in [-0.2, -0.15) is 0 Å². The molecule has 0 fully saturated rings. The molecule has 1 aliphatic carbocycles. The number of rotatable bonds is 1. The second-order valence-corrected chi connectivity index (χ2v) is 2.44. The molecule has 62 valence electrons. The minimum Gasteiger partial charge on any atom is -0.259 e. The van der Waals surface area contributed by atoms with E-state index in [0.29, 0.717) is 6.42 Å². The van der Waals surface area contributed by atoms with Crippen LogP contribution in [0.15, 0.2) is 23.4 Å². The molecule has 0 aliphatic heterocycles. The fourth-order valence-corrected chi connectivity index (χ4v) is 0.923. The highest BCUT2D eigenvalue weighted by Gasteiger charge is 2.15. The Bertz CT molecular complexity index is 315. The predicted molar refractivity (Wildman–Crippen MR) is 45.8 cm³/mol. The van der Waals surface area contributed by atoms with Crippen LogP contribution in [0.3, 0.4) is 0 Å². The summed E-state index contributed by atoms with van der Waals surface area (Å²) in [4.78, 5) is 9.91. The van der Waals surface area contributed by atoms with Crippen molar-refractivity contribution in [1.82, 2.24) is 0 Å². The van der Waals surface area contributed by atoms with Gasteiger partial charge in [0.2, 0.25) is 0 Å². The predicted octanol–water partition coefficient (Wildman–Crippen LogP) is 1.89. The largest absolute Gasteiger partial charge is 0.259 e. The van der Waals surface area contributed by atoms with Gasteiger partial charge in [0.15, 0.2) is 0 Å². The van der Waals surface area contributed by atoms with E-state index in [1.54, 1.807) is 6.08 Å². The van der Waals surface area contributed by atoms with Crippen LogP contribution in [0.1, 0.15) is 19.8 Å². The number of nitro groups is 1. The van der Waals surface area contributed by atoms with Gasteiger partial charge in [-0.25, -0.2) is 0 Å². The third-order valence-corrected chi connectivity index (χ3v) is 1.51. The molecule has 12 heavy (non-hydrogen) atoms. The Kier molecular flexibility index (Phi) is 2.65. The average molecular weight is 163 g/mol. The fraction of sp³-hybridized carbons (Fsp3) is 0.333. The van der Waals surface area contributed by atoms with Crippen LogP contribution in [0, 0.1) is 22.0 Å². The summed E-state index contributed by atoms with van der Waals surface area (Å²) in [5.41, 5.74) is 1.07. The lowest BCUT2D eigenvalue weighted by Crippen LogP contribution is -1.95. The summed E-state index contributed by atoms with van der Waals surface area (Å²) in [5, 5.41) is 10.3. The van der Waals surface area contributed by atoms with Gasteiger partial charge in [-0.15, -0.1) is 0 Å². The Labute approximate surface area is 70.9 Å². The van der Waals surface area contributed by atoms with Crippen molar-refractivity contribution in [2.24, 2.45) is 0 Å². The van der Waals surface area contributed by atoms with E-state index >= 15 is 0 Å². The fourth-order valence-electron chi connectivity index (χ4n) is 0.923. The van der Waals surface area contributed by atoms with Crippen LogP contribution in [-0.2, 0) is 0 Å². The average Bonchev–Trinajstić information content (AvgIpc) is 2.48. The smallest absolute Gasteiger partial charge is 0.251 e. The van der Waals surface area contributed by atoms with Crippen LogP contribution in [-0.4, -0.2) is 4.92 Å². The second kappa shape index (κ2) is 3.72. The molecule has 0 radical (unpaired) electrons. The molecule has 3 heteroatoms. The van der Waals surface area contributed by atoms with E-state index in [-0.39, 0.29) is 10.6 Å². The van der Waals surface area contributed by atoms with Gasteiger partial charge >= 0.3 is 0 Å². The van der Waals surface area contributed by atoms with Gasteiger partial charge < -0.3 is 0 Å². The Morgan fingerprint density at radius 1 is 1.67 bits per heavy atom. The normalized spacial score (nSPS) is 14.4. The molecule has 0 saturated carbocycles. The quantitative estimate of drug-likeness (QED) is 0.336. The summed E-state index contributed by atoms with van der Waals surface area (Å²) in [6.07, 6.45) is 4.38. The third kappa shape index (κ3) is 1.96. The standard InChI is InChI=1S/C9H9NO2/c1-2-3-4-8-5-6-9(7-8)10(11)12/h5-6H,2,7H2,1H3. The summed E-state index contributed by atoms with van der Waals surface area (Å²) >= 11 is 0. The summed E-state index contributed by atoms with van der Waals surface area (Å²) < 4.78 is 0. The lowest BCUT2D eigenvalue weighted by molar-refractivity contribution is -0.426. The van der Waals surface area contributed by atoms with Gasteiger partial charge in [0, 0.05) is 18.1 Å². The highest BCUT2D eigenvalue weighted by atomic mass is 16.6. The first-order chi connectivity index (χ1) is 5.74. The third-order valence-electron chi connectivity index (χ3n) is 1.51. The van der Waals surface area contributed by atoms with Crippen molar-refractivity contribution in [3.63, 3.8) is 0 Å². The Balaban J connectivity index is 2.56. The molecule has 0 amide bonds. The molecular weight excluding hydrogens is 154 g/mol. The van der Waals surface area contributed by atoms with Gasteiger partial charge in [0.25, 0.3) is 5.70 Å². The van der Waals surface area contributed by atoms with Crippen molar-refractivity contribution in [3.05, 3.63) is 33.5 Å². The monoisotopic (exact) mass is 163 g/mol. The zero-order valence-corrected chi connectivity index (χ0v) is 6.83. The summed E-state index contributed by atoms with van der Waals surface area (Å²) in [6, 6.07) is 0. The maximum atomic E-state index is 10.3. The lowest BCUT2D eigenvalue weighted by Gasteiger charge is -1.89. The Morgan fingerprint density at radius 2 is 2.42 bits per heavy atom. The summed E-state index contributed by atoms with van der Waals surface area (Å²) in [7, 11) is 0. The number of allylic oxidation sites excluding steroid dienone is 3. The van der Waals surface area contributed by atoms with E-state index in [1.165, 1.54) is 6.08 Å². The van der Waals surface area contributed by atoms with E-state index in [1.807, 2.05) is 6.92 Å². The SMILES string of the molecule is CCC#CC1=CC=C([N+](=O)[O-])C1. The number of nitrogens with zero attached hydrogens (tertiary/aromatic N) is 1. The molecule has 0 spiro atoms. The van der Waals surface area contributed by atoms with Gasteiger partial charge in [0.1, 0.15) is 0 Å². The lowest BCUT2D eigenvalue weighted by atomic mass is 10.2. The molecule has 0 aromatic heterocycles.